The van der Waals surface area contributed by atoms with E-state index in [4.69, 9.17) is 5.26 Å². The average molecular weight is 234 g/mol. The van der Waals surface area contributed by atoms with E-state index >= 15 is 0 Å². The summed E-state index contributed by atoms with van der Waals surface area (Å²) < 4.78 is 0. The maximum atomic E-state index is 8.65. The molecule has 0 radical (unpaired) electrons. The Hall–Kier alpha value is -1.14. The van der Waals surface area contributed by atoms with Gasteiger partial charge in [0.25, 0.3) is 0 Å². The van der Waals surface area contributed by atoms with Crippen LogP contribution in [0.25, 0.3) is 0 Å². The number of hydrogen-bond donors (Lipinski definition) is 0. The molecule has 0 amide bonds. The Morgan fingerprint density at radius 2 is 2.00 bits per heavy atom. The van der Waals surface area contributed by atoms with Crippen LogP contribution in [-0.4, -0.2) is 24.6 Å². The molecule has 0 aliphatic rings. The first-order chi connectivity index (χ1) is 7.88. The van der Waals surface area contributed by atoms with Crippen LogP contribution in [0.5, 0.6) is 0 Å². The van der Waals surface area contributed by atoms with Gasteiger partial charge in [-0.05, 0) is 17.9 Å². The van der Waals surface area contributed by atoms with Gasteiger partial charge in [-0.15, -0.1) is 0 Å². The maximum absolute atomic E-state index is 8.65. The second-order valence-corrected chi connectivity index (χ2v) is 4.82. The van der Waals surface area contributed by atoms with Crippen molar-refractivity contribution in [3.63, 3.8) is 0 Å². The number of hydrogen-bond acceptors (Lipinski definition) is 3. The van der Waals surface area contributed by atoms with Crippen LogP contribution in [0.3, 0.4) is 0 Å². The van der Waals surface area contributed by atoms with Crippen molar-refractivity contribution in [2.75, 3.05) is 29.5 Å². The molecule has 2 nitrogen and oxygen atoms in total. The molecule has 0 N–H and O–H groups in total. The van der Waals surface area contributed by atoms with Gasteiger partial charge in [0, 0.05) is 24.5 Å². The molecular formula is C13H18N2S. The van der Waals surface area contributed by atoms with Crippen LogP contribution in [0.2, 0.25) is 0 Å². The lowest BCUT2D eigenvalue weighted by atomic mass is 10.2. The fraction of sp³-hybridized carbons (Fsp3) is 0.462. The first-order valence-corrected chi connectivity index (χ1v) is 6.78. The topological polar surface area (TPSA) is 27.0 Å². The Morgan fingerprint density at radius 1 is 1.25 bits per heavy atom. The van der Waals surface area contributed by atoms with Gasteiger partial charge in [-0.2, -0.15) is 17.0 Å². The van der Waals surface area contributed by atoms with Gasteiger partial charge in [-0.3, -0.25) is 0 Å². The van der Waals surface area contributed by atoms with Gasteiger partial charge in [0.15, 0.2) is 0 Å². The quantitative estimate of drug-likeness (QED) is 0.678. The Bertz CT molecular complexity index is 318. The highest BCUT2D eigenvalue weighted by Gasteiger charge is 2.04. The Labute approximate surface area is 102 Å². The van der Waals surface area contributed by atoms with Crippen LogP contribution in [-0.2, 0) is 0 Å². The molecule has 0 heterocycles. The van der Waals surface area contributed by atoms with E-state index in [2.05, 4.69) is 30.0 Å². The molecule has 3 heteroatoms. The molecule has 86 valence electrons. The van der Waals surface area contributed by atoms with Gasteiger partial charge in [-0.1, -0.05) is 25.1 Å². The Kier molecular flexibility index (Phi) is 6.52. The van der Waals surface area contributed by atoms with Crippen LogP contribution < -0.4 is 4.90 Å². The van der Waals surface area contributed by atoms with Crippen molar-refractivity contribution in [3.05, 3.63) is 30.3 Å². The minimum absolute atomic E-state index is 0.589. The molecule has 0 aliphatic heterocycles. The van der Waals surface area contributed by atoms with E-state index in [1.807, 2.05) is 30.0 Å². The van der Waals surface area contributed by atoms with Gasteiger partial charge in [-0.25, -0.2) is 0 Å². The summed E-state index contributed by atoms with van der Waals surface area (Å²) in [5, 5.41) is 8.65. The summed E-state index contributed by atoms with van der Waals surface area (Å²) >= 11 is 1.94. The van der Waals surface area contributed by atoms with Crippen molar-refractivity contribution in [3.8, 4) is 6.07 Å². The number of rotatable bonds is 7. The molecule has 0 fully saturated rings. The summed E-state index contributed by atoms with van der Waals surface area (Å²) in [6, 6.07) is 12.5. The molecule has 0 bridgehead atoms. The van der Waals surface area contributed by atoms with E-state index in [-0.39, 0.29) is 0 Å². The molecule has 0 aromatic heterocycles. The SMILES string of the molecule is CCSCCN(CCC#N)c1ccccc1. The zero-order chi connectivity index (χ0) is 11.6. The Morgan fingerprint density at radius 3 is 2.62 bits per heavy atom. The van der Waals surface area contributed by atoms with E-state index in [1.54, 1.807) is 0 Å². The van der Waals surface area contributed by atoms with E-state index in [0.29, 0.717) is 6.42 Å². The molecule has 16 heavy (non-hydrogen) atoms. The zero-order valence-corrected chi connectivity index (χ0v) is 10.5. The fourth-order valence-corrected chi connectivity index (χ4v) is 2.15. The minimum Gasteiger partial charge on any atom is -0.370 e. The van der Waals surface area contributed by atoms with Crippen molar-refractivity contribution in [1.82, 2.24) is 0 Å². The number of thioether (sulfide) groups is 1. The molecule has 1 aromatic rings. The highest BCUT2D eigenvalue weighted by Crippen LogP contribution is 2.14. The molecule has 0 saturated carbocycles. The average Bonchev–Trinajstić information content (AvgIpc) is 2.35. The number of nitrogens with zero attached hydrogens (tertiary/aromatic N) is 2. The van der Waals surface area contributed by atoms with Crippen molar-refractivity contribution in [1.29, 1.82) is 5.26 Å². The van der Waals surface area contributed by atoms with Gasteiger partial charge in [0.05, 0.1) is 12.5 Å². The van der Waals surface area contributed by atoms with Crippen molar-refractivity contribution in [2.45, 2.75) is 13.3 Å². The molecule has 1 aromatic carbocycles. The van der Waals surface area contributed by atoms with E-state index in [1.165, 1.54) is 5.69 Å². The van der Waals surface area contributed by atoms with E-state index in [0.717, 1.165) is 24.6 Å². The zero-order valence-electron chi connectivity index (χ0n) is 9.72. The molecule has 0 saturated heterocycles. The standard InChI is InChI=1S/C13H18N2S/c1-2-16-12-11-15(10-6-9-14)13-7-4-3-5-8-13/h3-5,7-8H,2,6,10-12H2,1H3. The monoisotopic (exact) mass is 234 g/mol. The lowest BCUT2D eigenvalue weighted by Crippen LogP contribution is -2.26. The molecule has 0 atom stereocenters. The molecule has 0 aliphatic carbocycles. The van der Waals surface area contributed by atoms with Crippen LogP contribution in [0.1, 0.15) is 13.3 Å². The molecule has 0 spiro atoms. The van der Waals surface area contributed by atoms with Gasteiger partial charge >= 0.3 is 0 Å². The third kappa shape index (κ3) is 4.59. The van der Waals surface area contributed by atoms with Crippen molar-refractivity contribution >= 4 is 17.4 Å². The number of anilines is 1. The van der Waals surface area contributed by atoms with Crippen LogP contribution in [0, 0.1) is 11.3 Å². The van der Waals surface area contributed by atoms with Crippen molar-refractivity contribution in [2.24, 2.45) is 0 Å². The third-order valence-electron chi connectivity index (χ3n) is 2.32. The van der Waals surface area contributed by atoms with E-state index < -0.39 is 0 Å². The number of benzene rings is 1. The molecular weight excluding hydrogens is 216 g/mol. The van der Waals surface area contributed by atoms with Gasteiger partial charge < -0.3 is 4.90 Å². The van der Waals surface area contributed by atoms with Crippen LogP contribution >= 0.6 is 11.8 Å². The number of para-hydroxylation sites is 1. The predicted octanol–water partition coefficient (Wildman–Crippen LogP) is 3.16. The molecule has 1 rings (SSSR count). The van der Waals surface area contributed by atoms with Crippen LogP contribution in [0.4, 0.5) is 5.69 Å². The summed E-state index contributed by atoms with van der Waals surface area (Å²) in [7, 11) is 0. The third-order valence-corrected chi connectivity index (χ3v) is 3.20. The summed E-state index contributed by atoms with van der Waals surface area (Å²) in [6.07, 6.45) is 0.589. The second-order valence-electron chi connectivity index (χ2n) is 3.43. The fourth-order valence-electron chi connectivity index (χ4n) is 1.51. The number of nitriles is 1. The van der Waals surface area contributed by atoms with Gasteiger partial charge in [0.1, 0.15) is 0 Å². The highest BCUT2D eigenvalue weighted by molar-refractivity contribution is 7.99. The van der Waals surface area contributed by atoms with E-state index in [9.17, 15) is 0 Å². The largest absolute Gasteiger partial charge is 0.370 e. The lowest BCUT2D eigenvalue weighted by molar-refractivity contribution is 0.832. The summed E-state index contributed by atoms with van der Waals surface area (Å²) in [4.78, 5) is 2.28. The normalized spacial score (nSPS) is 9.75. The Balaban J connectivity index is 2.53. The second kappa shape index (κ2) is 8.06. The van der Waals surface area contributed by atoms with Crippen molar-refractivity contribution < 1.29 is 0 Å². The summed E-state index contributed by atoms with van der Waals surface area (Å²) in [6.45, 7) is 4.02. The lowest BCUT2D eigenvalue weighted by Gasteiger charge is -2.23. The maximum Gasteiger partial charge on any atom is 0.0640 e. The first kappa shape index (κ1) is 12.9. The smallest absolute Gasteiger partial charge is 0.0640 e. The summed E-state index contributed by atoms with van der Waals surface area (Å²) in [5.41, 5.74) is 1.22. The minimum atomic E-state index is 0.589. The first-order valence-electron chi connectivity index (χ1n) is 5.63. The van der Waals surface area contributed by atoms with Crippen LogP contribution in [0.15, 0.2) is 30.3 Å². The predicted molar refractivity (Wildman–Crippen MR) is 71.9 cm³/mol. The summed E-state index contributed by atoms with van der Waals surface area (Å²) in [5.74, 6) is 2.28. The molecule has 0 unspecified atom stereocenters. The van der Waals surface area contributed by atoms with Gasteiger partial charge in [0.2, 0.25) is 0 Å². The highest BCUT2D eigenvalue weighted by atomic mass is 32.2.